The van der Waals surface area contributed by atoms with Gasteiger partial charge in [0.15, 0.2) is 5.96 Å². The largest absolute Gasteiger partial charge is 0.357 e. The van der Waals surface area contributed by atoms with Crippen LogP contribution in [0.2, 0.25) is 0 Å². The zero-order valence-corrected chi connectivity index (χ0v) is 13.3. The second kappa shape index (κ2) is 8.50. The fourth-order valence-electron chi connectivity index (χ4n) is 3.40. The van der Waals surface area contributed by atoms with E-state index >= 15 is 0 Å². The fourth-order valence-corrected chi connectivity index (χ4v) is 3.40. The van der Waals surface area contributed by atoms with Crippen molar-refractivity contribution in [2.24, 2.45) is 10.9 Å². The van der Waals surface area contributed by atoms with Crippen molar-refractivity contribution in [2.45, 2.75) is 57.9 Å². The lowest BCUT2D eigenvalue weighted by Gasteiger charge is -2.29. The molecule has 0 aromatic carbocycles. The van der Waals surface area contributed by atoms with E-state index in [-0.39, 0.29) is 0 Å². The van der Waals surface area contributed by atoms with Crippen LogP contribution in [-0.4, -0.2) is 50.1 Å². The maximum absolute atomic E-state index is 4.83. The topological polar surface area (TPSA) is 39.7 Å². The molecule has 1 saturated heterocycles. The molecule has 1 heterocycles. The molecule has 2 N–H and O–H groups in total. The molecule has 0 aromatic heterocycles. The maximum atomic E-state index is 4.83. The molecular weight excluding hydrogens is 248 g/mol. The van der Waals surface area contributed by atoms with Gasteiger partial charge < -0.3 is 15.5 Å². The first-order valence-electron chi connectivity index (χ1n) is 8.51. The van der Waals surface area contributed by atoms with Crippen molar-refractivity contribution in [1.82, 2.24) is 15.5 Å². The highest BCUT2D eigenvalue weighted by Gasteiger charge is 2.18. The number of likely N-dealkylation sites (tertiary alicyclic amines) is 1. The summed E-state index contributed by atoms with van der Waals surface area (Å²) in [5.74, 6) is 1.77. The van der Waals surface area contributed by atoms with Gasteiger partial charge in [0, 0.05) is 25.7 Å². The Morgan fingerprint density at radius 2 is 1.95 bits per heavy atom. The minimum absolute atomic E-state index is 0.635. The van der Waals surface area contributed by atoms with Crippen LogP contribution in [0, 0.1) is 5.92 Å². The molecule has 1 saturated carbocycles. The Balaban J connectivity index is 1.81. The monoisotopic (exact) mass is 280 g/mol. The highest BCUT2D eigenvalue weighted by molar-refractivity contribution is 5.80. The first-order valence-corrected chi connectivity index (χ1v) is 8.51. The lowest BCUT2D eigenvalue weighted by molar-refractivity contribution is 0.214. The summed E-state index contributed by atoms with van der Waals surface area (Å²) in [6.45, 7) is 6.51. The molecular formula is C16H32N4. The van der Waals surface area contributed by atoms with Crippen LogP contribution in [0.4, 0.5) is 0 Å². The molecule has 0 radical (unpaired) electrons. The third-order valence-corrected chi connectivity index (χ3v) is 4.52. The first kappa shape index (κ1) is 15.6. The van der Waals surface area contributed by atoms with Gasteiger partial charge in [-0.15, -0.1) is 0 Å². The summed E-state index contributed by atoms with van der Waals surface area (Å²) in [7, 11) is 2.22. The van der Waals surface area contributed by atoms with Gasteiger partial charge in [-0.1, -0.05) is 19.3 Å². The normalized spacial score (nSPS) is 26.5. The Labute approximate surface area is 124 Å². The first-order chi connectivity index (χ1) is 9.78. The van der Waals surface area contributed by atoms with Crippen LogP contribution in [0.1, 0.15) is 51.9 Å². The Morgan fingerprint density at radius 3 is 2.65 bits per heavy atom. The van der Waals surface area contributed by atoms with Gasteiger partial charge >= 0.3 is 0 Å². The average Bonchev–Trinajstić information content (AvgIpc) is 2.46. The molecule has 0 aromatic rings. The average molecular weight is 280 g/mol. The van der Waals surface area contributed by atoms with E-state index in [1.54, 1.807) is 0 Å². The lowest BCUT2D eigenvalue weighted by atomic mass is 9.96. The van der Waals surface area contributed by atoms with Gasteiger partial charge in [0.05, 0.1) is 0 Å². The number of hydrogen-bond donors (Lipinski definition) is 2. The van der Waals surface area contributed by atoms with Crippen molar-refractivity contribution >= 4 is 5.96 Å². The molecule has 2 rings (SSSR count). The molecule has 1 aliphatic carbocycles. The quantitative estimate of drug-likeness (QED) is 0.613. The summed E-state index contributed by atoms with van der Waals surface area (Å²) >= 11 is 0. The van der Waals surface area contributed by atoms with Gasteiger partial charge in [0.2, 0.25) is 0 Å². The molecule has 0 bridgehead atoms. The molecule has 0 amide bonds. The summed E-state index contributed by atoms with van der Waals surface area (Å²) in [6.07, 6.45) is 9.39. The third-order valence-electron chi connectivity index (χ3n) is 4.52. The van der Waals surface area contributed by atoms with Crippen LogP contribution in [0.15, 0.2) is 4.99 Å². The van der Waals surface area contributed by atoms with Crippen molar-refractivity contribution in [3.63, 3.8) is 0 Å². The second-order valence-corrected chi connectivity index (χ2v) is 6.47. The molecule has 2 fully saturated rings. The summed E-state index contributed by atoms with van der Waals surface area (Å²) in [6, 6.07) is 0.635. The number of aliphatic imine (C=N–C) groups is 1. The zero-order valence-electron chi connectivity index (χ0n) is 13.3. The van der Waals surface area contributed by atoms with Crippen molar-refractivity contribution in [1.29, 1.82) is 0 Å². The van der Waals surface area contributed by atoms with Crippen molar-refractivity contribution < 1.29 is 0 Å². The van der Waals surface area contributed by atoms with Crippen molar-refractivity contribution in [3.05, 3.63) is 0 Å². The SMILES string of the molecule is CCNC(=NCC1CCCN(C)C1)NC1CCCCC1. The Bertz CT molecular complexity index is 297. The minimum Gasteiger partial charge on any atom is -0.357 e. The van der Waals surface area contributed by atoms with Crippen LogP contribution in [0.25, 0.3) is 0 Å². The van der Waals surface area contributed by atoms with E-state index in [1.807, 2.05) is 0 Å². The van der Waals surface area contributed by atoms with E-state index in [1.165, 1.54) is 58.0 Å². The minimum atomic E-state index is 0.635. The van der Waals surface area contributed by atoms with Crippen LogP contribution in [0.5, 0.6) is 0 Å². The van der Waals surface area contributed by atoms with Crippen LogP contribution >= 0.6 is 0 Å². The van der Waals surface area contributed by atoms with Gasteiger partial charge in [-0.3, -0.25) is 4.99 Å². The number of rotatable bonds is 4. The van der Waals surface area contributed by atoms with Crippen molar-refractivity contribution in [3.8, 4) is 0 Å². The van der Waals surface area contributed by atoms with E-state index in [2.05, 4.69) is 29.5 Å². The highest BCUT2D eigenvalue weighted by Crippen LogP contribution is 2.18. The Kier molecular flexibility index (Phi) is 6.64. The van der Waals surface area contributed by atoms with Gasteiger partial charge in [-0.2, -0.15) is 0 Å². The van der Waals surface area contributed by atoms with E-state index < -0.39 is 0 Å². The third kappa shape index (κ3) is 5.31. The summed E-state index contributed by atoms with van der Waals surface area (Å²) in [4.78, 5) is 7.27. The van der Waals surface area contributed by atoms with Gasteiger partial charge in [-0.25, -0.2) is 0 Å². The van der Waals surface area contributed by atoms with E-state index in [4.69, 9.17) is 4.99 Å². The van der Waals surface area contributed by atoms with Crippen molar-refractivity contribution in [2.75, 3.05) is 33.2 Å². The Morgan fingerprint density at radius 1 is 1.15 bits per heavy atom. The van der Waals surface area contributed by atoms with E-state index in [0.717, 1.165) is 25.0 Å². The molecule has 1 unspecified atom stereocenters. The number of hydrogen-bond acceptors (Lipinski definition) is 2. The number of nitrogens with one attached hydrogen (secondary N) is 2. The predicted octanol–water partition coefficient (Wildman–Crippen LogP) is 2.22. The second-order valence-electron chi connectivity index (χ2n) is 6.47. The summed E-state index contributed by atoms with van der Waals surface area (Å²) < 4.78 is 0. The van der Waals surface area contributed by atoms with Gasteiger partial charge in [-0.05, 0) is 52.1 Å². The standard InChI is InChI=1S/C16H32N4/c1-3-17-16(19-15-9-5-4-6-10-15)18-12-14-8-7-11-20(2)13-14/h14-15H,3-13H2,1-2H3,(H2,17,18,19). The molecule has 4 heteroatoms. The van der Waals surface area contributed by atoms with Gasteiger partial charge in [0.25, 0.3) is 0 Å². The van der Waals surface area contributed by atoms with E-state index in [9.17, 15) is 0 Å². The van der Waals surface area contributed by atoms with Gasteiger partial charge in [0.1, 0.15) is 0 Å². The lowest BCUT2D eigenvalue weighted by Crippen LogP contribution is -2.44. The van der Waals surface area contributed by atoms with Crippen LogP contribution < -0.4 is 10.6 Å². The smallest absolute Gasteiger partial charge is 0.191 e. The predicted molar refractivity (Wildman–Crippen MR) is 86.2 cm³/mol. The number of nitrogens with zero attached hydrogens (tertiary/aromatic N) is 2. The van der Waals surface area contributed by atoms with E-state index in [0.29, 0.717) is 6.04 Å². The fraction of sp³-hybridized carbons (Fsp3) is 0.938. The summed E-state index contributed by atoms with van der Waals surface area (Å²) in [5.41, 5.74) is 0. The molecule has 1 atom stereocenters. The zero-order chi connectivity index (χ0) is 14.2. The molecule has 2 aliphatic rings. The molecule has 1 aliphatic heterocycles. The van der Waals surface area contributed by atoms with Crippen LogP contribution in [-0.2, 0) is 0 Å². The summed E-state index contributed by atoms with van der Waals surface area (Å²) in [5, 5.41) is 7.04. The maximum Gasteiger partial charge on any atom is 0.191 e. The Hall–Kier alpha value is -0.770. The number of guanidine groups is 1. The molecule has 20 heavy (non-hydrogen) atoms. The van der Waals surface area contributed by atoms with Crippen LogP contribution in [0.3, 0.4) is 0 Å². The molecule has 116 valence electrons. The highest BCUT2D eigenvalue weighted by atomic mass is 15.2. The molecule has 0 spiro atoms. The number of piperidine rings is 1. The molecule has 4 nitrogen and oxygen atoms in total.